The second kappa shape index (κ2) is 7.75. The number of aliphatic hydroxyl groups is 1. The molecule has 1 rings (SSSR count). The van der Waals surface area contributed by atoms with Crippen LogP contribution < -0.4 is 5.32 Å². The molecule has 0 aromatic heterocycles. The quantitative estimate of drug-likeness (QED) is 0.582. The van der Waals surface area contributed by atoms with Gasteiger partial charge in [0.25, 0.3) is 0 Å². The zero-order chi connectivity index (χ0) is 14.3. The Hall–Kier alpha value is -1.60. The molecular formula is C12H20N2O5. The van der Waals surface area contributed by atoms with Crippen LogP contribution >= 0.6 is 0 Å². The summed E-state index contributed by atoms with van der Waals surface area (Å²) in [6.07, 6.45) is 1.30. The average molecular weight is 272 g/mol. The van der Waals surface area contributed by atoms with Gasteiger partial charge in [-0.1, -0.05) is 6.08 Å². The first kappa shape index (κ1) is 15.5. The zero-order valence-electron chi connectivity index (χ0n) is 11.0. The van der Waals surface area contributed by atoms with E-state index in [4.69, 9.17) is 14.9 Å². The lowest BCUT2D eigenvalue weighted by atomic mass is 10.1. The Balaban J connectivity index is 2.26. The summed E-state index contributed by atoms with van der Waals surface area (Å²) in [5.74, 6) is -1.28. The Kier molecular flexibility index (Phi) is 6.31. The molecule has 0 aromatic carbocycles. The Morgan fingerprint density at radius 1 is 1.58 bits per heavy atom. The number of hydrogen-bond acceptors (Lipinski definition) is 4. The molecule has 1 heterocycles. The molecule has 3 N–H and O–H groups in total. The summed E-state index contributed by atoms with van der Waals surface area (Å²) in [6.45, 7) is 1.85. The van der Waals surface area contributed by atoms with Crippen LogP contribution in [0, 0.1) is 0 Å². The molecule has 0 saturated heterocycles. The molecule has 1 atom stereocenters. The van der Waals surface area contributed by atoms with Crippen molar-refractivity contribution in [1.82, 2.24) is 10.2 Å². The number of carbonyl (C=O) groups is 2. The predicted octanol–water partition coefficient (Wildman–Crippen LogP) is -0.190. The molecule has 0 spiro atoms. The maximum atomic E-state index is 11.7. The lowest BCUT2D eigenvalue weighted by Gasteiger charge is -2.26. The molecule has 2 amide bonds. The van der Waals surface area contributed by atoms with Gasteiger partial charge in [-0.05, 0) is 12.0 Å². The van der Waals surface area contributed by atoms with Gasteiger partial charge < -0.3 is 25.2 Å². The van der Waals surface area contributed by atoms with Crippen molar-refractivity contribution in [2.24, 2.45) is 0 Å². The lowest BCUT2D eigenvalue weighted by molar-refractivity contribution is -0.146. The van der Waals surface area contributed by atoms with E-state index >= 15 is 0 Å². The predicted molar refractivity (Wildman–Crippen MR) is 67.8 cm³/mol. The third-order valence-electron chi connectivity index (χ3n) is 2.90. The molecule has 0 aromatic rings. The number of nitrogens with one attached hydrogen (secondary N) is 1. The topological polar surface area (TPSA) is 99.1 Å². The summed E-state index contributed by atoms with van der Waals surface area (Å²) in [6, 6.07) is -0.245. The monoisotopic (exact) mass is 272 g/mol. The zero-order valence-corrected chi connectivity index (χ0v) is 11.0. The SMILES string of the molecule is COCC1=CCN(C(=O)NCC[C@H](O)C(=O)O)CC1. The van der Waals surface area contributed by atoms with Crippen molar-refractivity contribution in [1.29, 1.82) is 0 Å². The van der Waals surface area contributed by atoms with Gasteiger partial charge in [0.15, 0.2) is 6.10 Å². The molecule has 0 saturated carbocycles. The highest BCUT2D eigenvalue weighted by Crippen LogP contribution is 2.10. The number of urea groups is 1. The van der Waals surface area contributed by atoms with Crippen LogP contribution in [-0.4, -0.2) is 66.6 Å². The van der Waals surface area contributed by atoms with Crippen LogP contribution in [0.2, 0.25) is 0 Å². The van der Waals surface area contributed by atoms with Gasteiger partial charge in [-0.25, -0.2) is 9.59 Å². The maximum absolute atomic E-state index is 11.7. The van der Waals surface area contributed by atoms with Crippen molar-refractivity contribution < 1.29 is 24.5 Å². The molecule has 0 fully saturated rings. The Morgan fingerprint density at radius 2 is 2.32 bits per heavy atom. The van der Waals surface area contributed by atoms with E-state index in [1.165, 1.54) is 5.57 Å². The van der Waals surface area contributed by atoms with E-state index in [2.05, 4.69) is 5.32 Å². The van der Waals surface area contributed by atoms with Crippen molar-refractivity contribution in [3.63, 3.8) is 0 Å². The smallest absolute Gasteiger partial charge is 0.332 e. The Labute approximate surface area is 111 Å². The molecule has 0 bridgehead atoms. The average Bonchev–Trinajstić information content (AvgIpc) is 2.39. The van der Waals surface area contributed by atoms with Crippen LogP contribution in [0.5, 0.6) is 0 Å². The van der Waals surface area contributed by atoms with Gasteiger partial charge in [0, 0.05) is 33.2 Å². The fraction of sp³-hybridized carbons (Fsp3) is 0.667. The maximum Gasteiger partial charge on any atom is 0.332 e. The van der Waals surface area contributed by atoms with Gasteiger partial charge in [-0.15, -0.1) is 0 Å². The number of nitrogens with zero attached hydrogens (tertiary/aromatic N) is 1. The first-order chi connectivity index (χ1) is 9.04. The minimum absolute atomic E-state index is 0.000320. The summed E-state index contributed by atoms with van der Waals surface area (Å²) in [7, 11) is 1.63. The molecule has 108 valence electrons. The first-order valence-electron chi connectivity index (χ1n) is 6.15. The van der Waals surface area contributed by atoms with Crippen molar-refractivity contribution >= 4 is 12.0 Å². The van der Waals surface area contributed by atoms with E-state index in [1.54, 1.807) is 12.0 Å². The number of methoxy groups -OCH3 is 1. The normalized spacial score (nSPS) is 16.7. The number of ether oxygens (including phenoxy) is 1. The molecule has 7 heteroatoms. The van der Waals surface area contributed by atoms with Crippen molar-refractivity contribution in [3.05, 3.63) is 11.6 Å². The molecule has 0 radical (unpaired) electrons. The van der Waals surface area contributed by atoms with Crippen molar-refractivity contribution in [3.8, 4) is 0 Å². The fourth-order valence-corrected chi connectivity index (χ4v) is 1.76. The van der Waals surface area contributed by atoms with Gasteiger partial charge in [-0.2, -0.15) is 0 Å². The van der Waals surface area contributed by atoms with E-state index < -0.39 is 12.1 Å². The summed E-state index contributed by atoms with van der Waals surface area (Å²) in [5.41, 5.74) is 1.17. The number of aliphatic hydroxyl groups excluding tert-OH is 1. The van der Waals surface area contributed by atoms with Gasteiger partial charge in [0.1, 0.15) is 0 Å². The number of aliphatic carboxylic acids is 1. The van der Waals surface area contributed by atoms with Gasteiger partial charge in [0.05, 0.1) is 6.61 Å². The standard InChI is InChI=1S/C12H20N2O5/c1-19-8-9-3-6-14(7-4-9)12(18)13-5-2-10(15)11(16)17/h3,10,15H,2,4-8H2,1H3,(H,13,18)(H,16,17)/t10-/m0/s1. The van der Waals surface area contributed by atoms with Gasteiger partial charge >= 0.3 is 12.0 Å². The number of rotatable bonds is 6. The summed E-state index contributed by atoms with van der Waals surface area (Å²) in [5, 5.41) is 20.1. The van der Waals surface area contributed by atoms with Crippen LogP contribution in [0.3, 0.4) is 0 Å². The largest absolute Gasteiger partial charge is 0.479 e. The number of carboxylic acids is 1. The summed E-state index contributed by atoms with van der Waals surface area (Å²) in [4.78, 5) is 23.8. The number of amides is 2. The van der Waals surface area contributed by atoms with E-state index in [0.717, 1.165) is 6.42 Å². The van der Waals surface area contributed by atoms with E-state index in [9.17, 15) is 9.59 Å². The molecule has 7 nitrogen and oxygen atoms in total. The van der Waals surface area contributed by atoms with Crippen LogP contribution in [0.1, 0.15) is 12.8 Å². The molecule has 19 heavy (non-hydrogen) atoms. The van der Waals surface area contributed by atoms with E-state index in [0.29, 0.717) is 19.7 Å². The number of carbonyl (C=O) groups excluding carboxylic acids is 1. The van der Waals surface area contributed by atoms with Gasteiger partial charge in [0.2, 0.25) is 0 Å². The highest BCUT2D eigenvalue weighted by Gasteiger charge is 2.18. The molecule has 1 aliphatic heterocycles. The second-order valence-electron chi connectivity index (χ2n) is 4.37. The number of hydrogen-bond donors (Lipinski definition) is 3. The van der Waals surface area contributed by atoms with E-state index in [-0.39, 0.29) is 19.0 Å². The van der Waals surface area contributed by atoms with Gasteiger partial charge in [-0.3, -0.25) is 0 Å². The van der Waals surface area contributed by atoms with Crippen molar-refractivity contribution in [2.75, 3.05) is 33.4 Å². The Bertz CT molecular complexity index is 356. The van der Waals surface area contributed by atoms with Crippen LogP contribution in [0.15, 0.2) is 11.6 Å². The van der Waals surface area contributed by atoms with Crippen molar-refractivity contribution in [2.45, 2.75) is 18.9 Å². The number of carboxylic acid groups (broad SMARTS) is 1. The van der Waals surface area contributed by atoms with E-state index in [1.807, 2.05) is 6.08 Å². The molecule has 0 unspecified atom stereocenters. The fourth-order valence-electron chi connectivity index (χ4n) is 1.76. The lowest BCUT2D eigenvalue weighted by Crippen LogP contribution is -2.43. The highest BCUT2D eigenvalue weighted by molar-refractivity contribution is 5.75. The molecular weight excluding hydrogens is 252 g/mol. The van der Waals surface area contributed by atoms with Crippen LogP contribution in [0.25, 0.3) is 0 Å². The Morgan fingerprint density at radius 3 is 2.84 bits per heavy atom. The van der Waals surface area contributed by atoms with Crippen LogP contribution in [0.4, 0.5) is 4.79 Å². The minimum Gasteiger partial charge on any atom is -0.479 e. The molecule has 0 aliphatic carbocycles. The summed E-state index contributed by atoms with van der Waals surface area (Å²) < 4.78 is 5.02. The molecule has 1 aliphatic rings. The highest BCUT2D eigenvalue weighted by atomic mass is 16.5. The second-order valence-corrected chi connectivity index (χ2v) is 4.37. The third kappa shape index (κ3) is 5.27. The third-order valence-corrected chi connectivity index (χ3v) is 2.90. The van der Waals surface area contributed by atoms with Crippen LogP contribution in [-0.2, 0) is 9.53 Å². The summed E-state index contributed by atoms with van der Waals surface area (Å²) >= 11 is 0. The first-order valence-corrected chi connectivity index (χ1v) is 6.15. The minimum atomic E-state index is -1.44.